The monoisotopic (exact) mass is 370 g/mol. The van der Waals surface area contributed by atoms with Gasteiger partial charge in [0, 0.05) is 18.7 Å². The number of ether oxygens (including phenoxy) is 1. The van der Waals surface area contributed by atoms with Gasteiger partial charge in [-0.25, -0.2) is 8.42 Å². The van der Waals surface area contributed by atoms with E-state index in [-0.39, 0.29) is 16.0 Å². The lowest BCUT2D eigenvalue weighted by Gasteiger charge is -2.25. The number of nitrogens with zero attached hydrogens (tertiary/aromatic N) is 2. The van der Waals surface area contributed by atoms with E-state index in [1.165, 1.54) is 0 Å². The van der Waals surface area contributed by atoms with E-state index in [1.54, 1.807) is 13.8 Å². The molecule has 0 heterocycles. The maximum Gasteiger partial charge on any atom is 0.402 e. The van der Waals surface area contributed by atoms with Crippen LogP contribution in [0.25, 0.3) is 0 Å². The first-order valence-corrected chi connectivity index (χ1v) is 8.22. The summed E-state index contributed by atoms with van der Waals surface area (Å²) in [6.07, 6.45) is -4.75. The minimum Gasteiger partial charge on any atom is -0.495 e. The van der Waals surface area contributed by atoms with Gasteiger partial charge >= 0.3 is 6.18 Å². The van der Waals surface area contributed by atoms with E-state index in [4.69, 9.17) is 4.74 Å². The van der Waals surface area contributed by atoms with Gasteiger partial charge in [-0.2, -0.15) is 17.5 Å². The van der Waals surface area contributed by atoms with Gasteiger partial charge in [0.2, 0.25) is 10.0 Å². The first-order chi connectivity index (χ1) is 10.9. The van der Waals surface area contributed by atoms with Gasteiger partial charge < -0.3 is 4.74 Å². The maximum atomic E-state index is 12.7. The normalized spacial score (nSPS) is 12.7. The van der Waals surface area contributed by atoms with Crippen LogP contribution in [0.2, 0.25) is 0 Å². The van der Waals surface area contributed by atoms with E-state index in [0.29, 0.717) is 6.07 Å². The van der Waals surface area contributed by atoms with Gasteiger partial charge in [-0.05, 0) is 12.0 Å². The van der Waals surface area contributed by atoms with Crippen molar-refractivity contribution in [3.63, 3.8) is 0 Å². The summed E-state index contributed by atoms with van der Waals surface area (Å²) in [7, 11) is -3.52. The highest BCUT2D eigenvalue weighted by Crippen LogP contribution is 2.32. The minimum atomic E-state index is -4.75. The minimum absolute atomic E-state index is 0.249. The smallest absolute Gasteiger partial charge is 0.402 e. The van der Waals surface area contributed by atoms with Crippen LogP contribution in [-0.2, 0) is 10.0 Å². The summed E-state index contributed by atoms with van der Waals surface area (Å²) in [6, 6.07) is 2.73. The Morgan fingerprint density at radius 3 is 2.33 bits per heavy atom. The molecule has 0 aliphatic carbocycles. The SMILES string of the molecule is COc1ccc([N+](=O)[O-])cc1S(=O)(=O)N(CC(C)C)CC(F)(F)F. The molecule has 0 saturated carbocycles. The predicted octanol–water partition coefficient (Wildman–Crippen LogP) is 2.81. The second kappa shape index (κ2) is 7.34. The molecule has 136 valence electrons. The number of nitro groups is 1. The Bertz CT molecular complexity index is 704. The summed E-state index contributed by atoms with van der Waals surface area (Å²) >= 11 is 0. The van der Waals surface area contributed by atoms with Crippen LogP contribution in [-0.4, -0.2) is 44.0 Å². The zero-order chi connectivity index (χ0) is 18.7. The maximum absolute atomic E-state index is 12.7. The molecule has 0 atom stereocenters. The Morgan fingerprint density at radius 2 is 1.92 bits per heavy atom. The Kier molecular flexibility index (Phi) is 6.17. The fourth-order valence-corrected chi connectivity index (χ4v) is 3.74. The molecular formula is C13H17F3N2O5S. The lowest BCUT2D eigenvalue weighted by Crippen LogP contribution is -2.41. The van der Waals surface area contributed by atoms with Crippen molar-refractivity contribution in [3.05, 3.63) is 28.3 Å². The zero-order valence-electron chi connectivity index (χ0n) is 13.2. The van der Waals surface area contributed by atoms with Crippen molar-refractivity contribution in [2.75, 3.05) is 20.2 Å². The number of benzene rings is 1. The third-order valence-electron chi connectivity index (χ3n) is 2.90. The standard InChI is InChI=1S/C13H17F3N2O5S/c1-9(2)7-17(8-13(14,15)16)24(21,22)12-6-10(18(19)20)4-5-11(12)23-3/h4-6,9H,7-8H2,1-3H3. The lowest BCUT2D eigenvalue weighted by atomic mass is 10.2. The second-order valence-corrected chi connectivity index (χ2v) is 7.31. The molecule has 0 saturated heterocycles. The number of rotatable bonds is 7. The average Bonchev–Trinajstić information content (AvgIpc) is 2.43. The van der Waals surface area contributed by atoms with Crippen LogP contribution in [0.3, 0.4) is 0 Å². The number of hydrogen-bond donors (Lipinski definition) is 0. The zero-order valence-corrected chi connectivity index (χ0v) is 14.0. The molecule has 1 aromatic rings. The van der Waals surface area contributed by atoms with E-state index in [9.17, 15) is 31.7 Å². The molecule has 0 aliphatic rings. The van der Waals surface area contributed by atoms with Gasteiger partial charge in [0.25, 0.3) is 5.69 Å². The molecule has 0 N–H and O–H groups in total. The third-order valence-corrected chi connectivity index (χ3v) is 4.73. The summed E-state index contributed by atoms with van der Waals surface area (Å²) in [5.74, 6) is -0.650. The van der Waals surface area contributed by atoms with E-state index < -0.39 is 44.8 Å². The van der Waals surface area contributed by atoms with Crippen molar-refractivity contribution < 1.29 is 31.2 Å². The number of non-ortho nitro benzene ring substituents is 1. The van der Waals surface area contributed by atoms with Crippen LogP contribution in [0, 0.1) is 16.0 Å². The number of methoxy groups -OCH3 is 1. The summed E-state index contributed by atoms with van der Waals surface area (Å²) in [5.41, 5.74) is -0.564. The van der Waals surface area contributed by atoms with Crippen LogP contribution in [0.15, 0.2) is 23.1 Å². The van der Waals surface area contributed by atoms with Gasteiger partial charge in [0.15, 0.2) is 0 Å². The van der Waals surface area contributed by atoms with Crippen molar-refractivity contribution in [3.8, 4) is 5.75 Å². The van der Waals surface area contributed by atoms with Crippen LogP contribution >= 0.6 is 0 Å². The Hall–Kier alpha value is -1.88. The quantitative estimate of drug-likeness (QED) is 0.544. The highest BCUT2D eigenvalue weighted by atomic mass is 32.2. The van der Waals surface area contributed by atoms with Gasteiger partial charge in [0.1, 0.15) is 17.2 Å². The molecule has 11 heteroatoms. The molecule has 1 aromatic carbocycles. The van der Waals surface area contributed by atoms with Crippen LogP contribution in [0.4, 0.5) is 18.9 Å². The largest absolute Gasteiger partial charge is 0.495 e. The molecule has 0 amide bonds. The van der Waals surface area contributed by atoms with Crippen LogP contribution in [0.5, 0.6) is 5.75 Å². The van der Waals surface area contributed by atoms with Gasteiger partial charge in [-0.15, -0.1) is 0 Å². The van der Waals surface area contributed by atoms with E-state index in [2.05, 4.69) is 0 Å². The number of nitro benzene ring substituents is 1. The Labute approximate surface area is 137 Å². The molecule has 0 fully saturated rings. The predicted molar refractivity (Wildman–Crippen MR) is 79.3 cm³/mol. The molecule has 0 radical (unpaired) electrons. The van der Waals surface area contributed by atoms with Crippen LogP contribution in [0.1, 0.15) is 13.8 Å². The third kappa shape index (κ3) is 5.06. The first-order valence-electron chi connectivity index (χ1n) is 6.78. The molecule has 7 nitrogen and oxygen atoms in total. The molecule has 0 aliphatic heterocycles. The summed E-state index contributed by atoms with van der Waals surface area (Å²) in [6.45, 7) is 1.03. The molecule has 1 rings (SSSR count). The van der Waals surface area contributed by atoms with Crippen molar-refractivity contribution in [1.29, 1.82) is 0 Å². The van der Waals surface area contributed by atoms with Crippen molar-refractivity contribution in [2.24, 2.45) is 5.92 Å². The molecule has 0 bridgehead atoms. The van der Waals surface area contributed by atoms with Crippen molar-refractivity contribution >= 4 is 15.7 Å². The fraction of sp³-hybridized carbons (Fsp3) is 0.538. The summed E-state index contributed by atoms with van der Waals surface area (Å²) in [4.78, 5) is 9.32. The molecule has 0 unspecified atom stereocenters. The Balaban J connectivity index is 3.47. The first kappa shape index (κ1) is 20.2. The number of halogens is 3. The fourth-order valence-electron chi connectivity index (χ4n) is 1.97. The topological polar surface area (TPSA) is 89.7 Å². The van der Waals surface area contributed by atoms with Gasteiger partial charge in [-0.1, -0.05) is 13.8 Å². The molecule has 0 spiro atoms. The summed E-state index contributed by atoms with van der Waals surface area (Å²) in [5, 5.41) is 10.8. The summed E-state index contributed by atoms with van der Waals surface area (Å²) < 4.78 is 68.6. The van der Waals surface area contributed by atoms with Crippen molar-refractivity contribution in [2.45, 2.75) is 24.9 Å². The lowest BCUT2D eigenvalue weighted by molar-refractivity contribution is -0.385. The van der Waals surface area contributed by atoms with E-state index in [1.807, 2.05) is 0 Å². The number of hydrogen-bond acceptors (Lipinski definition) is 5. The van der Waals surface area contributed by atoms with E-state index >= 15 is 0 Å². The molecule has 0 aromatic heterocycles. The molecule has 24 heavy (non-hydrogen) atoms. The van der Waals surface area contributed by atoms with Crippen LogP contribution < -0.4 is 4.74 Å². The van der Waals surface area contributed by atoms with Crippen molar-refractivity contribution in [1.82, 2.24) is 4.31 Å². The number of sulfonamides is 1. The second-order valence-electron chi connectivity index (χ2n) is 5.40. The number of alkyl halides is 3. The van der Waals surface area contributed by atoms with Gasteiger partial charge in [-0.3, -0.25) is 10.1 Å². The van der Waals surface area contributed by atoms with Gasteiger partial charge in [0.05, 0.1) is 12.0 Å². The highest BCUT2D eigenvalue weighted by Gasteiger charge is 2.39. The molecular weight excluding hydrogens is 353 g/mol. The Morgan fingerprint density at radius 1 is 1.33 bits per heavy atom. The highest BCUT2D eigenvalue weighted by molar-refractivity contribution is 7.89. The average molecular weight is 370 g/mol. The van der Waals surface area contributed by atoms with E-state index in [0.717, 1.165) is 19.2 Å².